The molecule has 1 aromatic carbocycles. The van der Waals surface area contributed by atoms with E-state index in [1.165, 1.54) is 0 Å². The Morgan fingerprint density at radius 3 is 2.62 bits per heavy atom. The first-order valence-electron chi connectivity index (χ1n) is 4.56. The van der Waals surface area contributed by atoms with Gasteiger partial charge in [0.25, 0.3) is 0 Å². The molecule has 0 aliphatic rings. The van der Waals surface area contributed by atoms with Crippen molar-refractivity contribution in [1.29, 1.82) is 0 Å². The third-order valence-electron chi connectivity index (χ3n) is 1.93. The number of hydrogen-bond donors (Lipinski definition) is 1. The molecule has 0 spiro atoms. The maximum absolute atomic E-state index is 11.3. The topological polar surface area (TPSA) is 71.4 Å². The molecule has 6 heteroatoms. The van der Waals surface area contributed by atoms with Gasteiger partial charge in [-0.25, -0.2) is 8.42 Å². The Bertz CT molecular complexity index is 481. The number of aliphatic carboxylic acids is 1. The van der Waals surface area contributed by atoms with Gasteiger partial charge in [-0.15, -0.1) is 0 Å². The van der Waals surface area contributed by atoms with Crippen molar-refractivity contribution in [2.24, 2.45) is 0 Å². The van der Waals surface area contributed by atoms with Gasteiger partial charge >= 0.3 is 5.97 Å². The summed E-state index contributed by atoms with van der Waals surface area (Å²) in [5, 5.41) is 8.93. The van der Waals surface area contributed by atoms with E-state index in [1.54, 1.807) is 24.3 Å². The van der Waals surface area contributed by atoms with Crippen LogP contribution in [0, 0.1) is 0 Å². The molecule has 1 aromatic rings. The fourth-order valence-corrected chi connectivity index (χ4v) is 2.51. The van der Waals surface area contributed by atoms with E-state index in [2.05, 4.69) is 0 Å². The van der Waals surface area contributed by atoms with Gasteiger partial charge in [0, 0.05) is 5.02 Å². The maximum Gasteiger partial charge on any atom is 0.318 e. The fourth-order valence-electron chi connectivity index (χ4n) is 1.23. The second kappa shape index (κ2) is 5.32. The summed E-state index contributed by atoms with van der Waals surface area (Å²) in [4.78, 5) is 10.3. The highest BCUT2D eigenvalue weighted by molar-refractivity contribution is 7.92. The zero-order valence-corrected chi connectivity index (χ0v) is 9.96. The molecule has 4 nitrogen and oxygen atoms in total. The molecule has 0 saturated heterocycles. The Labute approximate surface area is 98.8 Å². The summed E-state index contributed by atoms with van der Waals surface area (Å²) < 4.78 is 22.6. The van der Waals surface area contributed by atoms with E-state index in [4.69, 9.17) is 16.7 Å². The Balaban J connectivity index is 2.61. The Hall–Kier alpha value is -1.07. The van der Waals surface area contributed by atoms with Gasteiger partial charge in [0.1, 0.15) is 5.75 Å². The lowest BCUT2D eigenvalue weighted by atomic mass is 10.2. The van der Waals surface area contributed by atoms with Gasteiger partial charge in [0.15, 0.2) is 9.84 Å². The van der Waals surface area contributed by atoms with Crippen LogP contribution in [0.25, 0.3) is 0 Å². The van der Waals surface area contributed by atoms with Crippen LogP contribution in [0.15, 0.2) is 24.3 Å². The number of benzene rings is 1. The van der Waals surface area contributed by atoms with E-state index in [1.807, 2.05) is 0 Å². The number of carboxylic acid groups (broad SMARTS) is 1. The minimum Gasteiger partial charge on any atom is -0.480 e. The highest BCUT2D eigenvalue weighted by Crippen LogP contribution is 2.11. The van der Waals surface area contributed by atoms with Crippen molar-refractivity contribution in [2.45, 2.75) is 6.42 Å². The summed E-state index contributed by atoms with van der Waals surface area (Å²) in [7, 11) is -3.53. The third kappa shape index (κ3) is 4.63. The molecule has 0 unspecified atom stereocenters. The maximum atomic E-state index is 11.3. The second-order valence-corrected chi connectivity index (χ2v) is 5.99. The molecule has 1 N–H and O–H groups in total. The lowest BCUT2D eigenvalue weighted by Gasteiger charge is -2.02. The SMILES string of the molecule is O=C(O)CS(=O)(=O)CCc1cccc(Cl)c1. The minimum atomic E-state index is -3.53. The van der Waals surface area contributed by atoms with Gasteiger partial charge in [-0.3, -0.25) is 4.79 Å². The Morgan fingerprint density at radius 2 is 2.06 bits per heavy atom. The number of aryl methyl sites for hydroxylation is 1. The lowest BCUT2D eigenvalue weighted by molar-refractivity contribution is -0.134. The molecule has 16 heavy (non-hydrogen) atoms. The molecule has 0 heterocycles. The molecule has 0 amide bonds. The van der Waals surface area contributed by atoms with Crippen LogP contribution in [0.1, 0.15) is 5.56 Å². The van der Waals surface area contributed by atoms with Crippen LogP contribution >= 0.6 is 11.6 Å². The number of carbonyl (C=O) groups is 1. The van der Waals surface area contributed by atoms with Gasteiger partial charge in [0.05, 0.1) is 5.75 Å². The normalized spacial score (nSPS) is 11.3. The average Bonchev–Trinajstić information content (AvgIpc) is 2.13. The number of carboxylic acids is 1. The molecule has 0 atom stereocenters. The number of halogens is 1. The Morgan fingerprint density at radius 1 is 1.38 bits per heavy atom. The van der Waals surface area contributed by atoms with Crippen molar-refractivity contribution in [3.8, 4) is 0 Å². The molecule has 0 bridgehead atoms. The van der Waals surface area contributed by atoms with Crippen molar-refractivity contribution < 1.29 is 18.3 Å². The van der Waals surface area contributed by atoms with E-state index in [9.17, 15) is 13.2 Å². The monoisotopic (exact) mass is 262 g/mol. The predicted molar refractivity (Wildman–Crippen MR) is 61.4 cm³/mol. The summed E-state index contributed by atoms with van der Waals surface area (Å²) in [6.45, 7) is 0. The summed E-state index contributed by atoms with van der Waals surface area (Å²) in [6, 6.07) is 6.83. The molecule has 0 aromatic heterocycles. The zero-order valence-electron chi connectivity index (χ0n) is 8.39. The standard InChI is InChI=1S/C10H11ClO4S/c11-9-3-1-2-8(6-9)4-5-16(14,15)7-10(12)13/h1-3,6H,4-5,7H2,(H,12,13). The van der Waals surface area contributed by atoms with Crippen molar-refractivity contribution in [1.82, 2.24) is 0 Å². The van der Waals surface area contributed by atoms with Gasteiger partial charge < -0.3 is 5.11 Å². The quantitative estimate of drug-likeness (QED) is 0.870. The molecule has 0 aliphatic heterocycles. The largest absolute Gasteiger partial charge is 0.480 e. The van der Waals surface area contributed by atoms with Crippen molar-refractivity contribution in [2.75, 3.05) is 11.5 Å². The average molecular weight is 263 g/mol. The molecular formula is C10H11ClO4S. The molecule has 0 aliphatic carbocycles. The van der Waals surface area contributed by atoms with E-state index in [0.29, 0.717) is 5.02 Å². The van der Waals surface area contributed by atoms with Gasteiger partial charge in [0.2, 0.25) is 0 Å². The summed E-state index contributed by atoms with van der Waals surface area (Å²) >= 11 is 5.74. The lowest BCUT2D eigenvalue weighted by Crippen LogP contribution is -2.19. The first-order valence-corrected chi connectivity index (χ1v) is 6.76. The summed E-state index contributed by atoms with van der Waals surface area (Å²) in [5.41, 5.74) is 0.779. The molecule has 1 rings (SSSR count). The van der Waals surface area contributed by atoms with Gasteiger partial charge in [-0.05, 0) is 24.1 Å². The first-order chi connectivity index (χ1) is 7.39. The van der Waals surface area contributed by atoms with Gasteiger partial charge in [-0.2, -0.15) is 0 Å². The molecule has 0 radical (unpaired) electrons. The Kier molecular flexibility index (Phi) is 4.32. The van der Waals surface area contributed by atoms with Crippen LogP contribution in [0.2, 0.25) is 5.02 Å². The van der Waals surface area contributed by atoms with Crippen molar-refractivity contribution in [3.63, 3.8) is 0 Å². The fraction of sp³-hybridized carbons (Fsp3) is 0.300. The molecular weight excluding hydrogens is 252 g/mol. The van der Waals surface area contributed by atoms with Crippen LogP contribution in [0.3, 0.4) is 0 Å². The van der Waals surface area contributed by atoms with E-state index >= 15 is 0 Å². The smallest absolute Gasteiger partial charge is 0.318 e. The van der Waals surface area contributed by atoms with Crippen molar-refractivity contribution in [3.05, 3.63) is 34.9 Å². The van der Waals surface area contributed by atoms with Crippen LogP contribution in [-0.2, 0) is 21.1 Å². The predicted octanol–water partition coefficient (Wildman–Crippen LogP) is 1.38. The minimum absolute atomic E-state index is 0.181. The second-order valence-electron chi connectivity index (χ2n) is 3.37. The molecule has 88 valence electrons. The van der Waals surface area contributed by atoms with E-state index in [-0.39, 0.29) is 12.2 Å². The number of hydrogen-bond acceptors (Lipinski definition) is 3. The van der Waals surface area contributed by atoms with Crippen LogP contribution in [-0.4, -0.2) is 31.0 Å². The highest BCUT2D eigenvalue weighted by atomic mass is 35.5. The number of rotatable bonds is 5. The van der Waals surface area contributed by atoms with Crippen LogP contribution in [0.5, 0.6) is 0 Å². The highest BCUT2D eigenvalue weighted by Gasteiger charge is 2.15. The third-order valence-corrected chi connectivity index (χ3v) is 3.68. The first kappa shape index (κ1) is 13.0. The van der Waals surface area contributed by atoms with Crippen molar-refractivity contribution >= 4 is 27.4 Å². The van der Waals surface area contributed by atoms with E-state index in [0.717, 1.165) is 5.56 Å². The van der Waals surface area contributed by atoms with E-state index < -0.39 is 21.6 Å². The number of sulfone groups is 1. The zero-order chi connectivity index (χ0) is 12.2. The van der Waals surface area contributed by atoms with Crippen LogP contribution in [0.4, 0.5) is 0 Å². The summed E-state index contributed by atoms with van der Waals surface area (Å²) in [6.07, 6.45) is 0.274. The molecule has 0 fully saturated rings. The van der Waals surface area contributed by atoms with Crippen LogP contribution < -0.4 is 0 Å². The molecule has 0 saturated carbocycles. The van der Waals surface area contributed by atoms with Gasteiger partial charge in [-0.1, -0.05) is 23.7 Å². The summed E-state index contributed by atoms with van der Waals surface area (Å²) in [5.74, 6) is -2.33.